The van der Waals surface area contributed by atoms with Gasteiger partial charge < -0.3 is 4.42 Å². The van der Waals surface area contributed by atoms with Crippen molar-refractivity contribution in [3.63, 3.8) is 0 Å². The summed E-state index contributed by atoms with van der Waals surface area (Å²) in [5, 5.41) is 11.6. The molecule has 0 aliphatic carbocycles. The maximum absolute atomic E-state index is 10.9. The Morgan fingerprint density at radius 2 is 2.44 bits per heavy atom. The lowest BCUT2D eigenvalue weighted by Crippen LogP contribution is -2.23. The van der Waals surface area contributed by atoms with Crippen LogP contribution in [0.3, 0.4) is 0 Å². The number of hydrogen-bond acceptors (Lipinski definition) is 4. The minimum absolute atomic E-state index is 0.200. The van der Waals surface area contributed by atoms with E-state index in [4.69, 9.17) is 9.68 Å². The molecule has 1 atom stereocenters. The molecule has 0 amide bonds. The smallest absolute Gasteiger partial charge is 0.408 e. The number of nitrogens with zero attached hydrogens (tertiary/aromatic N) is 1. The average Bonchev–Trinajstić information content (AvgIpc) is 2.65. The first kappa shape index (κ1) is 10.5. The van der Waals surface area contributed by atoms with Crippen molar-refractivity contribution in [1.82, 2.24) is 10.3 Å². The van der Waals surface area contributed by atoms with Gasteiger partial charge in [-0.1, -0.05) is 6.07 Å². The van der Waals surface area contributed by atoms with E-state index in [1.54, 1.807) is 19.1 Å². The van der Waals surface area contributed by atoms with E-state index < -0.39 is 5.76 Å². The van der Waals surface area contributed by atoms with Crippen LogP contribution in [0.15, 0.2) is 27.4 Å². The molecule has 0 spiro atoms. The van der Waals surface area contributed by atoms with E-state index in [-0.39, 0.29) is 6.04 Å². The summed E-state index contributed by atoms with van der Waals surface area (Å²) in [5.41, 5.74) is 2.19. The normalized spacial score (nSPS) is 12.5. The molecule has 16 heavy (non-hydrogen) atoms. The van der Waals surface area contributed by atoms with Crippen LogP contribution in [0.5, 0.6) is 0 Å². The average molecular weight is 217 g/mol. The van der Waals surface area contributed by atoms with Gasteiger partial charge in [0.05, 0.1) is 17.6 Å². The maximum Gasteiger partial charge on any atom is 0.417 e. The Labute approximate surface area is 91.7 Å². The van der Waals surface area contributed by atoms with E-state index in [0.29, 0.717) is 17.6 Å². The number of rotatable bonds is 3. The van der Waals surface area contributed by atoms with Crippen LogP contribution in [0.1, 0.15) is 12.5 Å². The van der Waals surface area contributed by atoms with Crippen LogP contribution in [0.25, 0.3) is 11.1 Å². The van der Waals surface area contributed by atoms with Gasteiger partial charge in [-0.3, -0.25) is 10.3 Å². The lowest BCUT2D eigenvalue weighted by atomic mass is 10.2. The first-order valence-electron chi connectivity index (χ1n) is 4.94. The predicted octanol–water partition coefficient (Wildman–Crippen LogP) is 1.12. The molecule has 5 heteroatoms. The summed E-state index contributed by atoms with van der Waals surface area (Å²) in [6.07, 6.45) is 0. The number of benzene rings is 1. The molecule has 82 valence electrons. The lowest BCUT2D eigenvalue weighted by Gasteiger charge is -2.05. The Bertz CT molecular complexity index is 591. The minimum Gasteiger partial charge on any atom is -0.408 e. The number of H-pyrrole nitrogens is 1. The van der Waals surface area contributed by atoms with Gasteiger partial charge in [-0.05, 0) is 24.6 Å². The quantitative estimate of drug-likeness (QED) is 0.807. The van der Waals surface area contributed by atoms with E-state index in [9.17, 15) is 4.79 Å². The highest BCUT2D eigenvalue weighted by Crippen LogP contribution is 2.12. The molecule has 5 nitrogen and oxygen atoms in total. The SMILES string of the molecule is CC(C#N)NCc1ccc2[nH]c(=O)oc2c1. The molecular formula is C11H11N3O2. The van der Waals surface area contributed by atoms with Crippen LogP contribution in [-0.2, 0) is 6.54 Å². The molecule has 0 saturated heterocycles. The fourth-order valence-corrected chi connectivity index (χ4v) is 1.42. The molecule has 0 fully saturated rings. The van der Waals surface area contributed by atoms with Gasteiger partial charge in [-0.2, -0.15) is 5.26 Å². The van der Waals surface area contributed by atoms with Crippen molar-refractivity contribution in [1.29, 1.82) is 5.26 Å². The third-order valence-corrected chi connectivity index (χ3v) is 2.29. The molecule has 0 radical (unpaired) electrons. The Balaban J connectivity index is 2.20. The number of nitriles is 1. The van der Waals surface area contributed by atoms with Crippen molar-refractivity contribution in [3.05, 3.63) is 34.3 Å². The highest BCUT2D eigenvalue weighted by atomic mass is 16.4. The van der Waals surface area contributed by atoms with E-state index in [1.165, 1.54) is 0 Å². The highest BCUT2D eigenvalue weighted by molar-refractivity contribution is 5.72. The van der Waals surface area contributed by atoms with Gasteiger partial charge in [-0.15, -0.1) is 0 Å². The number of aromatic amines is 1. The van der Waals surface area contributed by atoms with Gasteiger partial charge in [0.2, 0.25) is 0 Å². The Morgan fingerprint density at radius 1 is 1.62 bits per heavy atom. The molecule has 0 aliphatic rings. The zero-order valence-corrected chi connectivity index (χ0v) is 8.78. The molecule has 1 aromatic heterocycles. The summed E-state index contributed by atoms with van der Waals surface area (Å²) in [6.45, 7) is 2.36. The van der Waals surface area contributed by atoms with Gasteiger partial charge in [0.25, 0.3) is 0 Å². The monoisotopic (exact) mass is 217 g/mol. The van der Waals surface area contributed by atoms with Gasteiger partial charge in [0.1, 0.15) is 0 Å². The molecule has 2 aromatic rings. The lowest BCUT2D eigenvalue weighted by molar-refractivity contribution is 0.554. The van der Waals surface area contributed by atoms with Crippen LogP contribution in [0.2, 0.25) is 0 Å². The van der Waals surface area contributed by atoms with Gasteiger partial charge in [-0.25, -0.2) is 4.79 Å². The largest absolute Gasteiger partial charge is 0.417 e. The van der Waals surface area contributed by atoms with Crippen molar-refractivity contribution < 1.29 is 4.42 Å². The first-order valence-corrected chi connectivity index (χ1v) is 4.94. The molecular weight excluding hydrogens is 206 g/mol. The number of oxazole rings is 1. The van der Waals surface area contributed by atoms with Crippen molar-refractivity contribution >= 4 is 11.1 Å². The number of hydrogen-bond donors (Lipinski definition) is 2. The van der Waals surface area contributed by atoms with E-state index >= 15 is 0 Å². The molecule has 0 saturated carbocycles. The maximum atomic E-state index is 10.9. The molecule has 1 unspecified atom stereocenters. The van der Waals surface area contributed by atoms with Crippen LogP contribution >= 0.6 is 0 Å². The van der Waals surface area contributed by atoms with Crippen LogP contribution in [0.4, 0.5) is 0 Å². The summed E-state index contributed by atoms with van der Waals surface area (Å²) in [6, 6.07) is 7.33. The summed E-state index contributed by atoms with van der Waals surface area (Å²) >= 11 is 0. The first-order chi connectivity index (χ1) is 7.69. The summed E-state index contributed by atoms with van der Waals surface area (Å²) in [4.78, 5) is 13.5. The van der Waals surface area contributed by atoms with Crippen LogP contribution in [0, 0.1) is 11.3 Å². The number of nitrogens with one attached hydrogen (secondary N) is 2. The Kier molecular flexibility index (Phi) is 2.75. The Morgan fingerprint density at radius 3 is 3.19 bits per heavy atom. The van der Waals surface area contributed by atoms with Gasteiger partial charge in [0.15, 0.2) is 5.58 Å². The van der Waals surface area contributed by atoms with Gasteiger partial charge in [0, 0.05) is 6.54 Å². The second-order valence-corrected chi connectivity index (χ2v) is 3.58. The molecule has 0 bridgehead atoms. The number of fused-ring (bicyclic) bond motifs is 1. The number of aromatic nitrogens is 1. The molecule has 1 heterocycles. The zero-order valence-electron chi connectivity index (χ0n) is 8.78. The van der Waals surface area contributed by atoms with E-state index in [0.717, 1.165) is 5.56 Å². The third kappa shape index (κ3) is 2.12. The second-order valence-electron chi connectivity index (χ2n) is 3.58. The fraction of sp³-hybridized carbons (Fsp3) is 0.273. The third-order valence-electron chi connectivity index (χ3n) is 2.29. The minimum atomic E-state index is -0.453. The molecule has 2 N–H and O–H groups in total. The van der Waals surface area contributed by atoms with Crippen LogP contribution in [-0.4, -0.2) is 11.0 Å². The predicted molar refractivity (Wildman–Crippen MR) is 58.7 cm³/mol. The summed E-state index contributed by atoms with van der Waals surface area (Å²) in [7, 11) is 0. The molecule has 0 aliphatic heterocycles. The van der Waals surface area contributed by atoms with Crippen molar-refractivity contribution in [2.75, 3.05) is 0 Å². The van der Waals surface area contributed by atoms with Crippen molar-refractivity contribution in [2.24, 2.45) is 0 Å². The summed E-state index contributed by atoms with van der Waals surface area (Å²) < 4.78 is 4.94. The topological polar surface area (TPSA) is 81.8 Å². The van der Waals surface area contributed by atoms with E-state index in [2.05, 4.69) is 16.4 Å². The van der Waals surface area contributed by atoms with Crippen molar-refractivity contribution in [3.8, 4) is 6.07 Å². The second kappa shape index (κ2) is 4.21. The Hall–Kier alpha value is -2.06. The zero-order chi connectivity index (χ0) is 11.5. The molecule has 1 aromatic carbocycles. The summed E-state index contributed by atoms with van der Waals surface area (Å²) in [5.74, 6) is -0.453. The standard InChI is InChI=1S/C11H11N3O2/c1-7(5-12)13-6-8-2-3-9-10(4-8)16-11(15)14-9/h2-4,7,13H,6H2,1H3,(H,14,15). The van der Waals surface area contributed by atoms with E-state index in [1.807, 2.05) is 6.07 Å². The fourth-order valence-electron chi connectivity index (χ4n) is 1.42. The van der Waals surface area contributed by atoms with Gasteiger partial charge >= 0.3 is 5.76 Å². The van der Waals surface area contributed by atoms with Crippen molar-refractivity contribution in [2.45, 2.75) is 19.5 Å². The van der Waals surface area contributed by atoms with Crippen LogP contribution < -0.4 is 11.1 Å². The highest BCUT2D eigenvalue weighted by Gasteiger charge is 2.03. The molecule has 2 rings (SSSR count).